The van der Waals surface area contributed by atoms with Crippen molar-refractivity contribution in [3.8, 4) is 5.75 Å². The second-order valence-corrected chi connectivity index (χ2v) is 6.76. The fourth-order valence-corrected chi connectivity index (χ4v) is 2.99. The third kappa shape index (κ3) is 5.17. The molecule has 1 aliphatic rings. The molecule has 4 amide bonds. The number of urea groups is 1. The molecule has 2 rings (SSSR count). The first-order valence-electron chi connectivity index (χ1n) is 9.24. The van der Waals surface area contributed by atoms with Crippen molar-refractivity contribution in [2.75, 3.05) is 13.1 Å². The largest absolute Gasteiger partial charge is 0.435 e. The molecule has 1 fully saturated rings. The summed E-state index contributed by atoms with van der Waals surface area (Å²) >= 11 is 0. The Balaban J connectivity index is 1.98. The molecule has 2 N–H and O–H groups in total. The minimum Gasteiger partial charge on any atom is -0.435 e. The van der Waals surface area contributed by atoms with E-state index in [0.29, 0.717) is 12.1 Å². The van der Waals surface area contributed by atoms with Gasteiger partial charge in [-0.05, 0) is 31.0 Å². The summed E-state index contributed by atoms with van der Waals surface area (Å²) < 4.78 is 28.8. The van der Waals surface area contributed by atoms with Crippen LogP contribution in [0.1, 0.15) is 45.1 Å². The standard InChI is InChI=1S/C19H25F2N3O4/c1-3-4-5-6-11-22-15(25)12-24-16(26)19(2,23-18(24)27)13-7-9-14(10-8-13)28-17(20)21/h7-10,17H,3-6,11-12H2,1-2H3,(H,22,25)(H,23,27)/t19-/m1/s1. The highest BCUT2D eigenvalue weighted by Gasteiger charge is 2.49. The molecule has 0 radical (unpaired) electrons. The summed E-state index contributed by atoms with van der Waals surface area (Å²) in [5.41, 5.74) is -0.989. The lowest BCUT2D eigenvalue weighted by molar-refractivity contribution is -0.134. The van der Waals surface area contributed by atoms with E-state index in [1.165, 1.54) is 31.2 Å². The molecule has 28 heavy (non-hydrogen) atoms. The molecule has 1 aromatic rings. The Kier molecular flexibility index (Phi) is 7.31. The number of nitrogens with one attached hydrogen (secondary N) is 2. The SMILES string of the molecule is CCCCCCNC(=O)CN1C(=O)N[C@](C)(c2ccc(OC(F)F)cc2)C1=O. The summed E-state index contributed by atoms with van der Waals surface area (Å²) in [5, 5.41) is 5.27. The first-order chi connectivity index (χ1) is 13.3. The van der Waals surface area contributed by atoms with Gasteiger partial charge >= 0.3 is 12.6 Å². The van der Waals surface area contributed by atoms with Crippen molar-refractivity contribution in [2.24, 2.45) is 0 Å². The Morgan fingerprint density at radius 2 is 1.89 bits per heavy atom. The van der Waals surface area contributed by atoms with Crippen LogP contribution >= 0.6 is 0 Å². The van der Waals surface area contributed by atoms with Crippen LogP contribution in [0.25, 0.3) is 0 Å². The van der Waals surface area contributed by atoms with Crippen LogP contribution < -0.4 is 15.4 Å². The summed E-state index contributed by atoms with van der Waals surface area (Å²) in [6.45, 7) is 0.752. The van der Waals surface area contributed by atoms with Crippen LogP contribution in [0.2, 0.25) is 0 Å². The minimum absolute atomic E-state index is 0.0570. The third-order valence-corrected chi connectivity index (χ3v) is 4.59. The number of carbonyl (C=O) groups is 3. The molecule has 154 valence electrons. The molecule has 0 saturated carbocycles. The van der Waals surface area contributed by atoms with Gasteiger partial charge in [-0.3, -0.25) is 14.5 Å². The number of benzene rings is 1. The van der Waals surface area contributed by atoms with Gasteiger partial charge in [0.25, 0.3) is 5.91 Å². The van der Waals surface area contributed by atoms with Gasteiger partial charge in [0.1, 0.15) is 17.8 Å². The minimum atomic E-state index is -2.95. The van der Waals surface area contributed by atoms with Gasteiger partial charge < -0.3 is 15.4 Å². The van der Waals surface area contributed by atoms with Crippen LogP contribution in [0.4, 0.5) is 13.6 Å². The predicted molar refractivity (Wildman–Crippen MR) is 97.8 cm³/mol. The van der Waals surface area contributed by atoms with Crippen LogP contribution in [0.3, 0.4) is 0 Å². The second-order valence-electron chi connectivity index (χ2n) is 6.76. The fraction of sp³-hybridized carbons (Fsp3) is 0.526. The number of nitrogens with zero attached hydrogens (tertiary/aromatic N) is 1. The Hall–Kier alpha value is -2.71. The molecule has 1 aromatic carbocycles. The van der Waals surface area contributed by atoms with E-state index in [9.17, 15) is 23.2 Å². The Labute approximate surface area is 162 Å². The van der Waals surface area contributed by atoms with Crippen LogP contribution in [-0.4, -0.2) is 42.4 Å². The maximum absolute atomic E-state index is 12.8. The number of ether oxygens (including phenoxy) is 1. The molecular formula is C19H25F2N3O4. The smallest absolute Gasteiger partial charge is 0.387 e. The topological polar surface area (TPSA) is 87.7 Å². The number of hydrogen-bond donors (Lipinski definition) is 2. The van der Waals surface area contributed by atoms with Crippen molar-refractivity contribution in [2.45, 2.75) is 51.7 Å². The van der Waals surface area contributed by atoms with Crippen molar-refractivity contribution >= 4 is 17.8 Å². The third-order valence-electron chi connectivity index (χ3n) is 4.59. The highest BCUT2D eigenvalue weighted by Crippen LogP contribution is 2.30. The number of rotatable bonds is 10. The molecule has 0 spiro atoms. The van der Waals surface area contributed by atoms with E-state index in [2.05, 4.69) is 22.3 Å². The molecule has 1 saturated heterocycles. The van der Waals surface area contributed by atoms with Gasteiger partial charge in [-0.25, -0.2) is 4.79 Å². The highest BCUT2D eigenvalue weighted by atomic mass is 19.3. The lowest BCUT2D eigenvalue weighted by Gasteiger charge is -2.22. The van der Waals surface area contributed by atoms with Crippen molar-refractivity contribution in [1.82, 2.24) is 15.5 Å². The number of hydrogen-bond acceptors (Lipinski definition) is 4. The van der Waals surface area contributed by atoms with Gasteiger partial charge in [-0.1, -0.05) is 38.3 Å². The Morgan fingerprint density at radius 1 is 1.21 bits per heavy atom. The molecule has 9 heteroatoms. The quantitative estimate of drug-likeness (QED) is 0.469. The van der Waals surface area contributed by atoms with E-state index in [0.717, 1.165) is 30.6 Å². The number of halogens is 2. The number of imide groups is 1. The van der Waals surface area contributed by atoms with E-state index in [4.69, 9.17) is 0 Å². The van der Waals surface area contributed by atoms with Crippen LogP contribution in [0.15, 0.2) is 24.3 Å². The van der Waals surface area contributed by atoms with Crippen molar-refractivity contribution in [3.63, 3.8) is 0 Å². The number of amides is 4. The van der Waals surface area contributed by atoms with Crippen molar-refractivity contribution in [3.05, 3.63) is 29.8 Å². The molecule has 0 bridgehead atoms. The molecular weight excluding hydrogens is 372 g/mol. The van der Waals surface area contributed by atoms with Gasteiger partial charge in [0.15, 0.2) is 0 Å². The zero-order chi connectivity index (χ0) is 20.7. The molecule has 7 nitrogen and oxygen atoms in total. The molecule has 1 heterocycles. The average molecular weight is 397 g/mol. The molecule has 0 aromatic heterocycles. The van der Waals surface area contributed by atoms with Crippen molar-refractivity contribution in [1.29, 1.82) is 0 Å². The Bertz CT molecular complexity index is 712. The van der Waals surface area contributed by atoms with E-state index in [1.807, 2.05) is 0 Å². The zero-order valence-electron chi connectivity index (χ0n) is 16.0. The summed E-state index contributed by atoms with van der Waals surface area (Å²) in [7, 11) is 0. The zero-order valence-corrected chi connectivity index (χ0v) is 16.0. The lowest BCUT2D eigenvalue weighted by Crippen LogP contribution is -2.43. The average Bonchev–Trinajstić information content (AvgIpc) is 2.85. The van der Waals surface area contributed by atoms with E-state index >= 15 is 0 Å². The van der Waals surface area contributed by atoms with E-state index < -0.39 is 30.0 Å². The predicted octanol–water partition coefficient (Wildman–Crippen LogP) is 2.75. The summed E-state index contributed by atoms with van der Waals surface area (Å²) in [6.07, 6.45) is 4.01. The molecule has 0 unspecified atom stereocenters. The normalized spacial score (nSPS) is 19.1. The maximum atomic E-state index is 12.8. The number of carbonyl (C=O) groups excluding carboxylic acids is 3. The van der Waals surface area contributed by atoms with Gasteiger partial charge in [0, 0.05) is 6.54 Å². The van der Waals surface area contributed by atoms with Crippen LogP contribution in [0.5, 0.6) is 5.75 Å². The van der Waals surface area contributed by atoms with Crippen molar-refractivity contribution < 1.29 is 27.9 Å². The van der Waals surface area contributed by atoms with Crippen LogP contribution in [0, 0.1) is 0 Å². The van der Waals surface area contributed by atoms with E-state index in [-0.39, 0.29) is 12.3 Å². The number of unbranched alkanes of at least 4 members (excludes halogenated alkanes) is 3. The monoisotopic (exact) mass is 397 g/mol. The first-order valence-corrected chi connectivity index (χ1v) is 9.24. The van der Waals surface area contributed by atoms with Gasteiger partial charge in [0.05, 0.1) is 0 Å². The maximum Gasteiger partial charge on any atom is 0.387 e. The van der Waals surface area contributed by atoms with Gasteiger partial charge in [-0.2, -0.15) is 8.78 Å². The molecule has 0 aliphatic carbocycles. The summed E-state index contributed by atoms with van der Waals surface area (Å²) in [5.74, 6) is -1.05. The first kappa shape index (κ1) is 21.6. The van der Waals surface area contributed by atoms with Gasteiger partial charge in [0.2, 0.25) is 5.91 Å². The fourth-order valence-electron chi connectivity index (χ4n) is 2.99. The summed E-state index contributed by atoms with van der Waals surface area (Å²) in [6, 6.07) is 4.75. The second kappa shape index (κ2) is 9.48. The highest BCUT2D eigenvalue weighted by molar-refractivity contribution is 6.09. The van der Waals surface area contributed by atoms with Crippen LogP contribution in [-0.2, 0) is 15.1 Å². The molecule has 1 atom stereocenters. The number of alkyl halides is 2. The van der Waals surface area contributed by atoms with E-state index in [1.54, 1.807) is 0 Å². The lowest BCUT2D eigenvalue weighted by atomic mass is 9.92. The molecule has 1 aliphatic heterocycles. The van der Waals surface area contributed by atoms with Gasteiger partial charge in [-0.15, -0.1) is 0 Å². The summed E-state index contributed by atoms with van der Waals surface area (Å²) in [4.78, 5) is 37.9. The Morgan fingerprint density at radius 3 is 2.50 bits per heavy atom.